The first-order chi connectivity index (χ1) is 8.54. The molecule has 1 aliphatic rings. The van der Waals surface area contributed by atoms with E-state index in [2.05, 4.69) is 0 Å². The number of hydrogen-bond donors (Lipinski definition) is 0. The summed E-state index contributed by atoms with van der Waals surface area (Å²) in [5, 5.41) is 0. The van der Waals surface area contributed by atoms with Crippen LogP contribution in [0, 0.1) is 0 Å². The van der Waals surface area contributed by atoms with Crippen molar-refractivity contribution in [3.05, 3.63) is 23.3 Å². The van der Waals surface area contributed by atoms with Crippen molar-refractivity contribution in [1.82, 2.24) is 4.90 Å². The largest absolute Gasteiger partial charge is 0.493 e. The number of methoxy groups -OCH3 is 2. The second kappa shape index (κ2) is 4.52. The van der Waals surface area contributed by atoms with Gasteiger partial charge in [-0.05, 0) is 43.5 Å². The Bertz CT molecular complexity index is 468. The fourth-order valence-corrected chi connectivity index (χ4v) is 2.56. The van der Waals surface area contributed by atoms with E-state index in [1.807, 2.05) is 30.9 Å². The number of amides is 1. The summed E-state index contributed by atoms with van der Waals surface area (Å²) in [6, 6.07) is 3.99. The van der Waals surface area contributed by atoms with Gasteiger partial charge in [-0.2, -0.15) is 0 Å². The Morgan fingerprint density at radius 1 is 1.22 bits per heavy atom. The molecule has 0 fully saturated rings. The summed E-state index contributed by atoms with van der Waals surface area (Å²) in [5.74, 6) is 1.45. The average Bonchev–Trinajstić information content (AvgIpc) is 2.37. The maximum atomic E-state index is 11.1. The van der Waals surface area contributed by atoms with E-state index >= 15 is 0 Å². The maximum Gasteiger partial charge on any atom is 0.210 e. The van der Waals surface area contributed by atoms with Gasteiger partial charge in [-0.25, -0.2) is 0 Å². The van der Waals surface area contributed by atoms with Crippen molar-refractivity contribution in [1.29, 1.82) is 0 Å². The van der Waals surface area contributed by atoms with E-state index in [1.54, 1.807) is 14.2 Å². The van der Waals surface area contributed by atoms with Crippen LogP contribution in [0.1, 0.15) is 25.0 Å². The Balaban J connectivity index is 2.56. The van der Waals surface area contributed by atoms with Crippen LogP contribution in [0.4, 0.5) is 0 Å². The molecule has 0 atom stereocenters. The summed E-state index contributed by atoms with van der Waals surface area (Å²) in [7, 11) is 3.26. The van der Waals surface area contributed by atoms with Gasteiger partial charge < -0.3 is 14.4 Å². The molecule has 18 heavy (non-hydrogen) atoms. The van der Waals surface area contributed by atoms with Gasteiger partial charge in [0.05, 0.1) is 19.8 Å². The van der Waals surface area contributed by atoms with Crippen LogP contribution in [-0.4, -0.2) is 32.1 Å². The standard InChI is InChI=1S/C14H19NO3/c1-14(2)11-8-13(18-4)12(17-3)7-10(11)5-6-15(14)9-16/h7-9H,5-6H2,1-4H3. The van der Waals surface area contributed by atoms with E-state index < -0.39 is 0 Å². The first-order valence-corrected chi connectivity index (χ1v) is 6.02. The molecule has 2 rings (SSSR count). The third-order valence-electron chi connectivity index (χ3n) is 3.74. The van der Waals surface area contributed by atoms with Crippen LogP contribution >= 0.6 is 0 Å². The Morgan fingerprint density at radius 3 is 2.39 bits per heavy atom. The predicted octanol–water partition coefficient (Wildman–Crippen LogP) is 1.95. The fourth-order valence-electron chi connectivity index (χ4n) is 2.56. The third kappa shape index (κ3) is 1.82. The normalized spacial score (nSPS) is 17.0. The SMILES string of the molecule is COc1cc2c(cc1OC)C(C)(C)N(C=O)CC2. The lowest BCUT2D eigenvalue weighted by atomic mass is 9.83. The zero-order valence-corrected chi connectivity index (χ0v) is 11.3. The molecular formula is C14H19NO3. The molecule has 1 heterocycles. The Labute approximate surface area is 107 Å². The van der Waals surface area contributed by atoms with Crippen LogP contribution in [0.3, 0.4) is 0 Å². The van der Waals surface area contributed by atoms with E-state index in [4.69, 9.17) is 9.47 Å². The molecule has 0 radical (unpaired) electrons. The predicted molar refractivity (Wildman–Crippen MR) is 69.0 cm³/mol. The van der Waals surface area contributed by atoms with Crippen LogP contribution in [0.15, 0.2) is 12.1 Å². The highest BCUT2D eigenvalue weighted by molar-refractivity contribution is 5.56. The number of nitrogens with zero attached hydrogens (tertiary/aromatic N) is 1. The number of ether oxygens (including phenoxy) is 2. The van der Waals surface area contributed by atoms with Gasteiger partial charge in [0.1, 0.15) is 0 Å². The molecule has 0 N–H and O–H groups in total. The first kappa shape index (κ1) is 12.7. The Morgan fingerprint density at radius 2 is 1.83 bits per heavy atom. The molecule has 1 amide bonds. The van der Waals surface area contributed by atoms with Crippen molar-refractivity contribution in [3.8, 4) is 11.5 Å². The summed E-state index contributed by atoms with van der Waals surface area (Å²) < 4.78 is 10.6. The minimum Gasteiger partial charge on any atom is -0.493 e. The topological polar surface area (TPSA) is 38.8 Å². The Hall–Kier alpha value is -1.71. The molecule has 1 aromatic carbocycles. The number of benzene rings is 1. The summed E-state index contributed by atoms with van der Waals surface area (Å²) in [5.41, 5.74) is 2.03. The van der Waals surface area contributed by atoms with E-state index in [9.17, 15) is 4.79 Å². The van der Waals surface area contributed by atoms with E-state index in [0.29, 0.717) is 5.75 Å². The summed E-state index contributed by atoms with van der Waals surface area (Å²) in [6.07, 6.45) is 1.76. The Kier molecular flexibility index (Phi) is 3.20. The quantitative estimate of drug-likeness (QED) is 0.769. The van der Waals surface area contributed by atoms with E-state index in [-0.39, 0.29) is 5.54 Å². The highest BCUT2D eigenvalue weighted by Gasteiger charge is 2.34. The van der Waals surface area contributed by atoms with E-state index in [1.165, 1.54) is 5.56 Å². The van der Waals surface area contributed by atoms with Gasteiger partial charge >= 0.3 is 0 Å². The van der Waals surface area contributed by atoms with Crippen LogP contribution in [0.5, 0.6) is 11.5 Å². The van der Waals surface area contributed by atoms with Gasteiger partial charge in [-0.3, -0.25) is 4.79 Å². The van der Waals surface area contributed by atoms with Gasteiger partial charge in [-0.15, -0.1) is 0 Å². The summed E-state index contributed by atoms with van der Waals surface area (Å²) in [6.45, 7) is 4.83. The number of rotatable bonds is 3. The monoisotopic (exact) mass is 249 g/mol. The van der Waals surface area contributed by atoms with Crippen molar-refractivity contribution in [2.75, 3.05) is 20.8 Å². The molecule has 0 saturated carbocycles. The smallest absolute Gasteiger partial charge is 0.210 e. The zero-order valence-electron chi connectivity index (χ0n) is 11.3. The van der Waals surface area contributed by atoms with Crippen molar-refractivity contribution in [2.45, 2.75) is 25.8 Å². The molecule has 0 saturated heterocycles. The number of fused-ring (bicyclic) bond motifs is 1. The second-order valence-electron chi connectivity index (χ2n) is 4.97. The molecule has 4 heteroatoms. The number of carbonyl (C=O) groups excluding carboxylic acids is 1. The van der Waals surface area contributed by atoms with Crippen molar-refractivity contribution >= 4 is 6.41 Å². The van der Waals surface area contributed by atoms with Gasteiger partial charge in [0, 0.05) is 6.54 Å². The van der Waals surface area contributed by atoms with Crippen LogP contribution in [0.25, 0.3) is 0 Å². The highest BCUT2D eigenvalue weighted by atomic mass is 16.5. The van der Waals surface area contributed by atoms with Crippen molar-refractivity contribution in [2.24, 2.45) is 0 Å². The molecule has 1 aromatic rings. The van der Waals surface area contributed by atoms with Gasteiger partial charge in [0.2, 0.25) is 6.41 Å². The van der Waals surface area contributed by atoms with E-state index in [0.717, 1.165) is 30.7 Å². The van der Waals surface area contributed by atoms with Crippen LogP contribution in [-0.2, 0) is 16.8 Å². The first-order valence-electron chi connectivity index (χ1n) is 6.02. The number of hydrogen-bond acceptors (Lipinski definition) is 3. The maximum absolute atomic E-state index is 11.1. The van der Waals surface area contributed by atoms with Crippen LogP contribution in [0.2, 0.25) is 0 Å². The lowest BCUT2D eigenvalue weighted by molar-refractivity contribution is -0.123. The van der Waals surface area contributed by atoms with Gasteiger partial charge in [0.25, 0.3) is 0 Å². The molecule has 0 bridgehead atoms. The fraction of sp³-hybridized carbons (Fsp3) is 0.500. The van der Waals surface area contributed by atoms with Gasteiger partial charge in [-0.1, -0.05) is 0 Å². The molecule has 0 unspecified atom stereocenters. The molecule has 1 aliphatic heterocycles. The van der Waals surface area contributed by atoms with Gasteiger partial charge in [0.15, 0.2) is 11.5 Å². The lowest BCUT2D eigenvalue weighted by Crippen LogP contribution is -2.45. The number of carbonyl (C=O) groups is 1. The molecule has 0 aliphatic carbocycles. The van der Waals surface area contributed by atoms with Crippen molar-refractivity contribution in [3.63, 3.8) is 0 Å². The lowest BCUT2D eigenvalue weighted by Gasteiger charge is -2.41. The zero-order chi connectivity index (χ0) is 13.3. The molecular weight excluding hydrogens is 230 g/mol. The minimum absolute atomic E-state index is 0.311. The minimum atomic E-state index is -0.311. The molecule has 0 aromatic heterocycles. The highest BCUT2D eigenvalue weighted by Crippen LogP contribution is 2.40. The third-order valence-corrected chi connectivity index (χ3v) is 3.74. The second-order valence-corrected chi connectivity index (χ2v) is 4.97. The summed E-state index contributed by atoms with van der Waals surface area (Å²) >= 11 is 0. The van der Waals surface area contributed by atoms with Crippen molar-refractivity contribution < 1.29 is 14.3 Å². The average molecular weight is 249 g/mol. The molecule has 98 valence electrons. The van der Waals surface area contributed by atoms with Crippen LogP contribution < -0.4 is 9.47 Å². The molecule has 4 nitrogen and oxygen atoms in total. The summed E-state index contributed by atoms with van der Waals surface area (Å²) in [4.78, 5) is 13.0. The molecule has 0 spiro atoms.